The Hall–Kier alpha value is -1.79. The van der Waals surface area contributed by atoms with Crippen molar-refractivity contribution in [3.8, 4) is 5.75 Å². The van der Waals surface area contributed by atoms with Crippen LogP contribution in [0.15, 0.2) is 18.2 Å². The summed E-state index contributed by atoms with van der Waals surface area (Å²) in [6.07, 6.45) is 0.436. The van der Waals surface area contributed by atoms with Gasteiger partial charge in [-0.25, -0.2) is 0 Å². The summed E-state index contributed by atoms with van der Waals surface area (Å²) in [4.78, 5) is 29.4. The topological polar surface area (TPSA) is 61.9 Å². The molecule has 0 saturated carbocycles. The third kappa shape index (κ3) is 6.89. The quantitative estimate of drug-likeness (QED) is 0.697. The summed E-state index contributed by atoms with van der Waals surface area (Å²) in [5.41, 5.74) is 1.04. The Morgan fingerprint density at radius 2 is 1.79 bits per heavy atom. The predicted octanol–water partition coefficient (Wildman–Crippen LogP) is 3.18. The molecule has 0 radical (unpaired) electrons. The van der Waals surface area contributed by atoms with Crippen LogP contribution in [-0.4, -0.2) is 60.9 Å². The van der Waals surface area contributed by atoms with E-state index in [9.17, 15) is 9.59 Å². The summed E-state index contributed by atoms with van der Waals surface area (Å²) in [5, 5.41) is 3.63. The molecule has 0 aliphatic carbocycles. The molecular weight excluding hydrogens is 390 g/mol. The summed E-state index contributed by atoms with van der Waals surface area (Å²) in [6.45, 7) is 11.5. The van der Waals surface area contributed by atoms with E-state index in [1.165, 1.54) is 0 Å². The number of ether oxygens (including phenoxy) is 1. The van der Waals surface area contributed by atoms with Gasteiger partial charge < -0.3 is 15.0 Å². The maximum Gasteiger partial charge on any atom is 0.245 e. The van der Waals surface area contributed by atoms with E-state index >= 15 is 0 Å². The van der Waals surface area contributed by atoms with Crippen LogP contribution in [0, 0.1) is 11.8 Å². The molecule has 29 heavy (non-hydrogen) atoms. The first-order chi connectivity index (χ1) is 13.7. The number of carbonyl (C=O) groups is 2. The van der Waals surface area contributed by atoms with Crippen molar-refractivity contribution in [3.05, 3.63) is 28.8 Å². The van der Waals surface area contributed by atoms with E-state index in [4.69, 9.17) is 16.3 Å². The normalized spacial score (nSPS) is 16.2. The fourth-order valence-corrected chi connectivity index (χ4v) is 3.75. The van der Waals surface area contributed by atoms with Crippen molar-refractivity contribution in [2.45, 2.75) is 46.7 Å². The molecule has 0 bridgehead atoms. The summed E-state index contributed by atoms with van der Waals surface area (Å²) >= 11 is 6.13. The minimum absolute atomic E-state index is 0.0112. The Kier molecular flexibility index (Phi) is 8.78. The smallest absolute Gasteiger partial charge is 0.245 e. The van der Waals surface area contributed by atoms with E-state index in [0.29, 0.717) is 24.5 Å². The lowest BCUT2D eigenvalue weighted by Gasteiger charge is -2.37. The largest absolute Gasteiger partial charge is 0.496 e. The van der Waals surface area contributed by atoms with Crippen LogP contribution in [0.1, 0.15) is 39.7 Å². The van der Waals surface area contributed by atoms with Gasteiger partial charge in [-0.1, -0.05) is 39.3 Å². The number of hydrogen-bond donors (Lipinski definition) is 1. The molecule has 1 aliphatic heterocycles. The van der Waals surface area contributed by atoms with Gasteiger partial charge in [0.15, 0.2) is 0 Å². The van der Waals surface area contributed by atoms with E-state index in [1.807, 2.05) is 50.8 Å². The zero-order chi connectivity index (χ0) is 21.6. The van der Waals surface area contributed by atoms with Gasteiger partial charge in [-0.05, 0) is 30.0 Å². The van der Waals surface area contributed by atoms with Crippen LogP contribution in [-0.2, 0) is 16.1 Å². The molecule has 2 rings (SSSR count). The van der Waals surface area contributed by atoms with Crippen LogP contribution in [0.4, 0.5) is 0 Å². The summed E-state index contributed by atoms with van der Waals surface area (Å²) in [5.74, 6) is 1.09. The second kappa shape index (κ2) is 10.8. The Balaban J connectivity index is 1.94. The Morgan fingerprint density at radius 3 is 2.34 bits per heavy atom. The van der Waals surface area contributed by atoms with Gasteiger partial charge in [-0.15, -0.1) is 0 Å². The van der Waals surface area contributed by atoms with Gasteiger partial charge >= 0.3 is 0 Å². The lowest BCUT2D eigenvalue weighted by Crippen LogP contribution is -2.56. The third-order valence-corrected chi connectivity index (χ3v) is 5.40. The maximum atomic E-state index is 13.0. The van der Waals surface area contributed by atoms with E-state index in [0.717, 1.165) is 30.9 Å². The fourth-order valence-electron chi connectivity index (χ4n) is 3.55. The van der Waals surface area contributed by atoms with Crippen LogP contribution in [0.5, 0.6) is 5.75 Å². The summed E-state index contributed by atoms with van der Waals surface area (Å²) in [6, 6.07) is 5.16. The van der Waals surface area contributed by atoms with Crippen LogP contribution < -0.4 is 10.1 Å². The number of piperazine rings is 1. The predicted molar refractivity (Wildman–Crippen MR) is 116 cm³/mol. The summed E-state index contributed by atoms with van der Waals surface area (Å²) < 4.78 is 5.43. The molecule has 1 N–H and O–H groups in total. The number of rotatable bonds is 8. The monoisotopic (exact) mass is 423 g/mol. The van der Waals surface area contributed by atoms with Gasteiger partial charge in [0.05, 0.1) is 7.11 Å². The average Bonchev–Trinajstić information content (AvgIpc) is 2.65. The minimum Gasteiger partial charge on any atom is -0.496 e. The molecule has 1 fully saturated rings. The molecule has 7 heteroatoms. The number of halogens is 1. The number of carbonyl (C=O) groups excluding carboxylic acids is 2. The average molecular weight is 424 g/mol. The molecule has 1 atom stereocenters. The molecule has 1 heterocycles. The van der Waals surface area contributed by atoms with E-state index in [1.54, 1.807) is 7.11 Å². The Bertz CT molecular complexity index is 701. The second-order valence-electron chi connectivity index (χ2n) is 8.44. The number of methoxy groups -OCH3 is 1. The maximum absolute atomic E-state index is 13.0. The molecule has 0 spiro atoms. The molecule has 162 valence electrons. The zero-order valence-electron chi connectivity index (χ0n) is 18.2. The van der Waals surface area contributed by atoms with E-state index < -0.39 is 6.04 Å². The van der Waals surface area contributed by atoms with Gasteiger partial charge in [0, 0.05) is 49.7 Å². The SMILES string of the molecule is COc1ccc(Cl)cc1CN1CCN(C(=O)C(NC(=O)CC(C)C)C(C)C)CC1. The molecule has 6 nitrogen and oxygen atoms in total. The van der Waals surface area contributed by atoms with Crippen LogP contribution in [0.3, 0.4) is 0 Å². The first-order valence-corrected chi connectivity index (χ1v) is 10.7. The van der Waals surface area contributed by atoms with Gasteiger partial charge in [-0.2, -0.15) is 0 Å². The van der Waals surface area contributed by atoms with Crippen molar-refractivity contribution in [1.29, 1.82) is 0 Å². The number of nitrogens with one attached hydrogen (secondary N) is 1. The van der Waals surface area contributed by atoms with Crippen molar-refractivity contribution in [2.24, 2.45) is 11.8 Å². The minimum atomic E-state index is -0.471. The summed E-state index contributed by atoms with van der Waals surface area (Å²) in [7, 11) is 1.66. The lowest BCUT2D eigenvalue weighted by atomic mass is 10.0. The molecule has 1 aromatic rings. The van der Waals surface area contributed by atoms with Crippen molar-refractivity contribution in [1.82, 2.24) is 15.1 Å². The van der Waals surface area contributed by atoms with Crippen LogP contribution in [0.2, 0.25) is 5.02 Å². The van der Waals surface area contributed by atoms with Crippen LogP contribution in [0.25, 0.3) is 0 Å². The molecular formula is C22H34ClN3O3. The molecule has 2 amide bonds. The van der Waals surface area contributed by atoms with Gasteiger partial charge in [-0.3, -0.25) is 14.5 Å². The highest BCUT2D eigenvalue weighted by Gasteiger charge is 2.30. The molecule has 1 saturated heterocycles. The molecule has 1 aliphatic rings. The second-order valence-corrected chi connectivity index (χ2v) is 8.88. The fraction of sp³-hybridized carbons (Fsp3) is 0.636. The van der Waals surface area contributed by atoms with E-state index in [-0.39, 0.29) is 23.7 Å². The van der Waals surface area contributed by atoms with Crippen molar-refractivity contribution in [3.63, 3.8) is 0 Å². The lowest BCUT2D eigenvalue weighted by molar-refractivity contribution is -0.139. The Morgan fingerprint density at radius 1 is 1.14 bits per heavy atom. The standard InChI is InChI=1S/C22H34ClN3O3/c1-15(2)12-20(27)24-21(16(3)4)22(28)26-10-8-25(9-11-26)14-17-13-18(23)6-7-19(17)29-5/h6-7,13,15-16,21H,8-12,14H2,1-5H3,(H,24,27). The molecule has 1 aromatic carbocycles. The number of benzene rings is 1. The third-order valence-electron chi connectivity index (χ3n) is 5.16. The van der Waals surface area contributed by atoms with E-state index in [2.05, 4.69) is 10.2 Å². The number of nitrogens with zero attached hydrogens (tertiary/aromatic N) is 2. The van der Waals surface area contributed by atoms with Crippen molar-refractivity contribution in [2.75, 3.05) is 33.3 Å². The molecule has 1 unspecified atom stereocenters. The Labute approximate surface area is 179 Å². The van der Waals surface area contributed by atoms with Crippen molar-refractivity contribution >= 4 is 23.4 Å². The first-order valence-electron chi connectivity index (χ1n) is 10.3. The number of amides is 2. The zero-order valence-corrected chi connectivity index (χ0v) is 19.0. The first kappa shape index (κ1) is 23.5. The van der Waals surface area contributed by atoms with Gasteiger partial charge in [0.1, 0.15) is 11.8 Å². The van der Waals surface area contributed by atoms with Gasteiger partial charge in [0.25, 0.3) is 0 Å². The van der Waals surface area contributed by atoms with Crippen LogP contribution >= 0.6 is 11.6 Å². The van der Waals surface area contributed by atoms with Gasteiger partial charge in [0.2, 0.25) is 11.8 Å². The molecule has 0 aromatic heterocycles. The highest BCUT2D eigenvalue weighted by molar-refractivity contribution is 6.30. The van der Waals surface area contributed by atoms with Crippen molar-refractivity contribution < 1.29 is 14.3 Å². The number of hydrogen-bond acceptors (Lipinski definition) is 4. The highest BCUT2D eigenvalue weighted by atomic mass is 35.5. The highest BCUT2D eigenvalue weighted by Crippen LogP contribution is 2.24.